The molecule has 0 saturated carbocycles. The lowest BCUT2D eigenvalue weighted by atomic mass is 9.96. The van der Waals surface area contributed by atoms with E-state index < -0.39 is 5.97 Å². The molecule has 3 aromatic carbocycles. The van der Waals surface area contributed by atoms with Crippen LogP contribution in [0.25, 0.3) is 33.6 Å². The Morgan fingerprint density at radius 1 is 0.743 bits per heavy atom. The van der Waals surface area contributed by atoms with Gasteiger partial charge in [-0.1, -0.05) is 124 Å². The number of hydrogen-bond donors (Lipinski definition) is 1. The summed E-state index contributed by atoms with van der Waals surface area (Å²) in [6, 6.07) is 31.5. The van der Waals surface area contributed by atoms with Gasteiger partial charge in [0.25, 0.3) is 0 Å². The smallest absolute Gasteiger partial charge is 0.306 e. The van der Waals surface area contributed by atoms with Gasteiger partial charge < -0.3 is 5.11 Å². The van der Waals surface area contributed by atoms with E-state index in [-0.39, 0.29) is 5.92 Å². The van der Waals surface area contributed by atoms with Crippen LogP contribution in [-0.2, 0) is 11.3 Å². The second kappa shape index (κ2) is 12.2. The number of carboxylic acid groups (broad SMARTS) is 1. The molecule has 0 amide bonds. The molecule has 0 aliphatic rings. The van der Waals surface area contributed by atoms with E-state index in [1.54, 1.807) is 6.92 Å². The molecule has 1 aromatic heterocycles. The van der Waals surface area contributed by atoms with Crippen molar-refractivity contribution in [1.82, 2.24) is 9.78 Å². The number of carbonyl (C=O) groups is 1. The van der Waals surface area contributed by atoms with E-state index in [0.29, 0.717) is 0 Å². The van der Waals surface area contributed by atoms with E-state index in [1.165, 1.54) is 16.7 Å². The van der Waals surface area contributed by atoms with E-state index in [0.717, 1.165) is 62.0 Å². The van der Waals surface area contributed by atoms with Gasteiger partial charge in [0.1, 0.15) is 5.69 Å². The van der Waals surface area contributed by atoms with Gasteiger partial charge in [-0.25, -0.2) is 0 Å². The zero-order valence-electron chi connectivity index (χ0n) is 20.4. The number of hydrogen-bond acceptors (Lipinski definition) is 2. The van der Waals surface area contributed by atoms with Crippen LogP contribution in [0.3, 0.4) is 0 Å². The van der Waals surface area contributed by atoms with Crippen molar-refractivity contribution in [2.24, 2.45) is 5.92 Å². The van der Waals surface area contributed by atoms with E-state index in [4.69, 9.17) is 10.2 Å². The number of carboxylic acids is 1. The molecule has 1 unspecified atom stereocenters. The van der Waals surface area contributed by atoms with Gasteiger partial charge in [-0.2, -0.15) is 5.10 Å². The molecule has 4 aromatic rings. The Morgan fingerprint density at radius 3 is 1.86 bits per heavy atom. The van der Waals surface area contributed by atoms with Crippen LogP contribution in [-0.4, -0.2) is 20.9 Å². The maximum Gasteiger partial charge on any atom is 0.306 e. The van der Waals surface area contributed by atoms with Gasteiger partial charge >= 0.3 is 5.97 Å². The zero-order valence-corrected chi connectivity index (χ0v) is 20.4. The normalized spacial score (nSPS) is 11.9. The van der Waals surface area contributed by atoms with Crippen molar-refractivity contribution in [2.75, 3.05) is 0 Å². The fraction of sp³-hybridized carbons (Fsp3) is 0.290. The largest absolute Gasteiger partial charge is 0.481 e. The third-order valence-electron chi connectivity index (χ3n) is 6.54. The molecular weight excluding hydrogens is 432 g/mol. The van der Waals surface area contributed by atoms with Crippen molar-refractivity contribution in [3.63, 3.8) is 0 Å². The van der Waals surface area contributed by atoms with Gasteiger partial charge in [0.05, 0.1) is 11.6 Å². The summed E-state index contributed by atoms with van der Waals surface area (Å²) < 4.78 is 2.19. The summed E-state index contributed by atoms with van der Waals surface area (Å²) in [5, 5.41) is 14.2. The predicted octanol–water partition coefficient (Wildman–Crippen LogP) is 7.95. The summed E-state index contributed by atoms with van der Waals surface area (Å²) in [4.78, 5) is 11.0. The molecule has 1 heterocycles. The third-order valence-corrected chi connectivity index (χ3v) is 6.54. The zero-order chi connectivity index (χ0) is 24.5. The molecule has 1 N–H and O–H groups in total. The average molecular weight is 467 g/mol. The highest BCUT2D eigenvalue weighted by Crippen LogP contribution is 2.40. The summed E-state index contributed by atoms with van der Waals surface area (Å²) in [6.07, 6.45) is 6.07. The molecule has 0 spiro atoms. The van der Waals surface area contributed by atoms with Gasteiger partial charge in [0.15, 0.2) is 0 Å². The molecule has 0 saturated heterocycles. The minimum absolute atomic E-state index is 0.250. The van der Waals surface area contributed by atoms with Gasteiger partial charge in [-0.05, 0) is 18.4 Å². The van der Waals surface area contributed by atoms with Gasteiger partial charge in [0.2, 0.25) is 0 Å². The number of aliphatic carboxylic acids is 1. The first-order valence-electron chi connectivity index (χ1n) is 12.6. The Balaban J connectivity index is 1.58. The second-order valence-electron chi connectivity index (χ2n) is 9.19. The minimum Gasteiger partial charge on any atom is -0.481 e. The lowest BCUT2D eigenvalue weighted by Gasteiger charge is -2.11. The van der Waals surface area contributed by atoms with Crippen molar-refractivity contribution < 1.29 is 9.90 Å². The Kier molecular flexibility index (Phi) is 8.50. The summed E-state index contributed by atoms with van der Waals surface area (Å²) in [5.74, 6) is -0.944. The van der Waals surface area contributed by atoms with Gasteiger partial charge in [-0.15, -0.1) is 0 Å². The van der Waals surface area contributed by atoms with Crippen LogP contribution in [0.4, 0.5) is 0 Å². The van der Waals surface area contributed by atoms with Crippen LogP contribution in [0.5, 0.6) is 0 Å². The fourth-order valence-electron chi connectivity index (χ4n) is 4.56. The van der Waals surface area contributed by atoms with Gasteiger partial charge in [0, 0.05) is 23.2 Å². The van der Waals surface area contributed by atoms with Crippen molar-refractivity contribution >= 4 is 5.97 Å². The first-order valence-corrected chi connectivity index (χ1v) is 12.6. The quantitative estimate of drug-likeness (QED) is 0.216. The van der Waals surface area contributed by atoms with E-state index in [9.17, 15) is 4.79 Å². The number of benzene rings is 3. The van der Waals surface area contributed by atoms with Crippen molar-refractivity contribution in [3.8, 4) is 33.6 Å². The number of nitrogens with zero attached hydrogens (tertiary/aromatic N) is 2. The maximum absolute atomic E-state index is 11.0. The molecule has 1 atom stereocenters. The molecule has 0 bridgehead atoms. The topological polar surface area (TPSA) is 55.1 Å². The average Bonchev–Trinajstić information content (AvgIpc) is 3.29. The van der Waals surface area contributed by atoms with Crippen LogP contribution < -0.4 is 0 Å². The van der Waals surface area contributed by atoms with Crippen LogP contribution in [0.15, 0.2) is 91.0 Å². The highest BCUT2D eigenvalue weighted by atomic mass is 16.4. The lowest BCUT2D eigenvalue weighted by molar-refractivity contribution is -0.141. The van der Waals surface area contributed by atoms with Crippen LogP contribution >= 0.6 is 0 Å². The van der Waals surface area contributed by atoms with E-state index in [2.05, 4.69) is 89.6 Å². The van der Waals surface area contributed by atoms with Crippen molar-refractivity contribution in [3.05, 3.63) is 91.0 Å². The highest BCUT2D eigenvalue weighted by Gasteiger charge is 2.21. The Bertz CT molecular complexity index is 1200. The Morgan fingerprint density at radius 2 is 1.26 bits per heavy atom. The monoisotopic (exact) mass is 466 g/mol. The number of aryl methyl sites for hydroxylation is 1. The van der Waals surface area contributed by atoms with Crippen LogP contribution in [0, 0.1) is 5.92 Å². The minimum atomic E-state index is -0.694. The molecular formula is C31H34N2O2. The SMILES string of the molecule is CC(CCCCCCCn1nc(-c2ccccc2)c(-c2ccccc2)c1-c1ccccc1)C(=O)O. The summed E-state index contributed by atoms with van der Waals surface area (Å²) in [7, 11) is 0. The van der Waals surface area contributed by atoms with E-state index >= 15 is 0 Å². The molecule has 4 heteroatoms. The Hall–Kier alpha value is -3.66. The molecule has 0 fully saturated rings. The number of unbranched alkanes of at least 4 members (excludes halogenated alkanes) is 4. The highest BCUT2D eigenvalue weighted by molar-refractivity contribution is 5.91. The first kappa shape index (κ1) is 24.5. The van der Waals surface area contributed by atoms with Gasteiger partial charge in [-0.3, -0.25) is 9.48 Å². The number of aromatic nitrogens is 2. The molecule has 0 aliphatic carbocycles. The van der Waals surface area contributed by atoms with E-state index in [1.807, 2.05) is 6.07 Å². The standard InChI is InChI=1S/C31H34N2O2/c1-24(31(34)35)16-8-3-2-4-15-23-33-30(27-21-13-7-14-22-27)28(25-17-9-5-10-18-25)29(32-33)26-19-11-6-12-20-26/h5-7,9-14,17-22,24H,2-4,8,15-16,23H2,1H3,(H,34,35). The summed E-state index contributed by atoms with van der Waals surface area (Å²) >= 11 is 0. The Labute approximate surface area is 208 Å². The van der Waals surface area contributed by atoms with Crippen molar-refractivity contribution in [2.45, 2.75) is 52.0 Å². The van der Waals surface area contributed by atoms with Crippen LogP contribution in [0.1, 0.15) is 45.4 Å². The molecule has 180 valence electrons. The second-order valence-corrected chi connectivity index (χ2v) is 9.19. The lowest BCUT2D eigenvalue weighted by Crippen LogP contribution is -2.08. The molecule has 0 aliphatic heterocycles. The van der Waals surface area contributed by atoms with Crippen molar-refractivity contribution in [1.29, 1.82) is 0 Å². The molecule has 4 nitrogen and oxygen atoms in total. The molecule has 0 radical (unpaired) electrons. The number of rotatable bonds is 12. The molecule has 35 heavy (non-hydrogen) atoms. The maximum atomic E-state index is 11.0. The third kappa shape index (κ3) is 6.27. The summed E-state index contributed by atoms with van der Waals surface area (Å²) in [6.45, 7) is 2.64. The fourth-order valence-corrected chi connectivity index (χ4v) is 4.56. The predicted molar refractivity (Wildman–Crippen MR) is 143 cm³/mol. The van der Waals surface area contributed by atoms with Crippen LogP contribution in [0.2, 0.25) is 0 Å². The molecule has 4 rings (SSSR count). The first-order chi connectivity index (χ1) is 17.1. The summed E-state index contributed by atoms with van der Waals surface area (Å²) in [5.41, 5.74) is 6.80.